The van der Waals surface area contributed by atoms with Crippen molar-refractivity contribution in [2.75, 3.05) is 25.5 Å². The number of methoxy groups -OCH3 is 1. The molecular formula is C22H22N4O3S. The number of carbonyl (C=O) groups is 2. The maximum atomic E-state index is 13.0. The predicted octanol–water partition coefficient (Wildman–Crippen LogP) is 3.82. The van der Waals surface area contributed by atoms with E-state index in [1.807, 2.05) is 47.4 Å². The number of amides is 2. The summed E-state index contributed by atoms with van der Waals surface area (Å²) in [5, 5.41) is 12.3. The third-order valence-corrected chi connectivity index (χ3v) is 6.15. The highest BCUT2D eigenvalue weighted by atomic mass is 32.1. The van der Waals surface area contributed by atoms with Crippen molar-refractivity contribution in [1.29, 1.82) is 0 Å². The van der Waals surface area contributed by atoms with Crippen molar-refractivity contribution in [3.8, 4) is 5.75 Å². The molecule has 2 aromatic carbocycles. The molecule has 1 N–H and O–H groups in total. The van der Waals surface area contributed by atoms with Gasteiger partial charge in [0, 0.05) is 24.7 Å². The number of nitrogens with one attached hydrogen (secondary N) is 1. The van der Waals surface area contributed by atoms with Crippen LogP contribution in [0.5, 0.6) is 5.75 Å². The summed E-state index contributed by atoms with van der Waals surface area (Å²) in [6.07, 6.45) is 1.78. The quantitative estimate of drug-likeness (QED) is 0.676. The number of anilines is 1. The van der Waals surface area contributed by atoms with Crippen LogP contribution in [0.15, 0.2) is 54.6 Å². The van der Waals surface area contributed by atoms with Crippen molar-refractivity contribution in [1.82, 2.24) is 15.1 Å². The van der Waals surface area contributed by atoms with Gasteiger partial charge >= 0.3 is 0 Å². The second-order valence-corrected chi connectivity index (χ2v) is 8.07. The van der Waals surface area contributed by atoms with Crippen LogP contribution in [0.3, 0.4) is 0 Å². The maximum absolute atomic E-state index is 13.0. The Bertz CT molecular complexity index is 1040. The molecule has 0 saturated carbocycles. The highest BCUT2D eigenvalue weighted by Crippen LogP contribution is 2.31. The zero-order valence-corrected chi connectivity index (χ0v) is 17.4. The van der Waals surface area contributed by atoms with E-state index in [1.54, 1.807) is 19.2 Å². The molecule has 8 heteroatoms. The highest BCUT2D eigenvalue weighted by Gasteiger charge is 2.29. The molecule has 2 amide bonds. The molecule has 0 bridgehead atoms. The molecule has 1 aliphatic heterocycles. The van der Waals surface area contributed by atoms with Crippen LogP contribution >= 0.6 is 11.3 Å². The number of hydrogen-bond acceptors (Lipinski definition) is 6. The zero-order valence-electron chi connectivity index (χ0n) is 16.6. The molecule has 2 heterocycles. The number of likely N-dealkylation sites (tertiary alicyclic amines) is 1. The summed E-state index contributed by atoms with van der Waals surface area (Å²) >= 11 is 1.29. The summed E-state index contributed by atoms with van der Waals surface area (Å²) < 4.78 is 5.34. The minimum atomic E-state index is -0.275. The lowest BCUT2D eigenvalue weighted by Gasteiger charge is -2.32. The van der Waals surface area contributed by atoms with Gasteiger partial charge < -0.3 is 15.0 Å². The van der Waals surface area contributed by atoms with Gasteiger partial charge in [0.2, 0.25) is 5.01 Å². The summed E-state index contributed by atoms with van der Waals surface area (Å²) in [5.41, 5.74) is 1.27. The molecule has 0 radical (unpaired) electrons. The number of piperidine rings is 1. The lowest BCUT2D eigenvalue weighted by atomic mass is 9.98. The van der Waals surface area contributed by atoms with Crippen molar-refractivity contribution in [2.24, 2.45) is 0 Å². The number of nitrogens with zero attached hydrogens (tertiary/aromatic N) is 3. The molecule has 7 nitrogen and oxygen atoms in total. The van der Waals surface area contributed by atoms with E-state index in [4.69, 9.17) is 4.74 Å². The number of rotatable bonds is 5. The van der Waals surface area contributed by atoms with Gasteiger partial charge in [0.15, 0.2) is 0 Å². The Kier molecular flexibility index (Phi) is 6.04. The third-order valence-electron chi connectivity index (χ3n) is 5.06. The van der Waals surface area contributed by atoms with Crippen LogP contribution in [0.1, 0.15) is 43.9 Å². The molecule has 1 aliphatic rings. The number of para-hydroxylation sites is 2. The number of hydrogen-bond donors (Lipinski definition) is 1. The van der Waals surface area contributed by atoms with E-state index in [0.29, 0.717) is 35.1 Å². The van der Waals surface area contributed by atoms with E-state index in [-0.39, 0.29) is 17.7 Å². The van der Waals surface area contributed by atoms with Crippen LogP contribution < -0.4 is 10.1 Å². The second kappa shape index (κ2) is 9.04. The summed E-state index contributed by atoms with van der Waals surface area (Å²) in [7, 11) is 1.56. The Morgan fingerprint density at radius 1 is 1.10 bits per heavy atom. The molecule has 3 aromatic rings. The molecule has 1 aromatic heterocycles. The average Bonchev–Trinajstić information content (AvgIpc) is 3.30. The summed E-state index contributed by atoms with van der Waals surface area (Å²) in [5.74, 6) is 0.306. The maximum Gasteiger partial charge on any atom is 0.286 e. The first-order valence-electron chi connectivity index (χ1n) is 9.78. The molecule has 0 aliphatic carbocycles. The number of benzene rings is 2. The zero-order chi connectivity index (χ0) is 20.9. The highest BCUT2D eigenvalue weighted by molar-refractivity contribution is 7.13. The van der Waals surface area contributed by atoms with Crippen LogP contribution in [-0.2, 0) is 0 Å². The van der Waals surface area contributed by atoms with E-state index in [1.165, 1.54) is 11.3 Å². The molecular weight excluding hydrogens is 400 g/mol. The van der Waals surface area contributed by atoms with Gasteiger partial charge in [0.05, 0.1) is 12.7 Å². The largest absolute Gasteiger partial charge is 0.496 e. The normalized spacial score (nSPS) is 16.2. The smallest absolute Gasteiger partial charge is 0.286 e. The van der Waals surface area contributed by atoms with Crippen LogP contribution in [0.2, 0.25) is 0 Å². The van der Waals surface area contributed by atoms with Crippen LogP contribution in [0, 0.1) is 0 Å². The standard InChI is InChI=1S/C22H22N4O3S/c1-29-18-12-6-5-11-17(18)22(28)26-13-7-8-15(14-26)20-24-25-21(30-20)19(27)23-16-9-3-2-4-10-16/h2-6,9-12,15H,7-8,13-14H2,1H3,(H,23,27). The Balaban J connectivity index is 1.45. The molecule has 154 valence electrons. The van der Waals surface area contributed by atoms with Crippen molar-refractivity contribution >= 4 is 28.8 Å². The van der Waals surface area contributed by atoms with E-state index in [2.05, 4.69) is 15.5 Å². The van der Waals surface area contributed by atoms with E-state index < -0.39 is 0 Å². The first-order valence-corrected chi connectivity index (χ1v) is 10.6. The molecule has 1 unspecified atom stereocenters. The Hall–Kier alpha value is -3.26. The topological polar surface area (TPSA) is 84.4 Å². The fourth-order valence-corrected chi connectivity index (χ4v) is 4.42. The first-order chi connectivity index (χ1) is 14.7. The molecule has 30 heavy (non-hydrogen) atoms. The minimum absolute atomic E-state index is 0.0521. The molecule has 1 atom stereocenters. The van der Waals surface area contributed by atoms with Gasteiger partial charge in [-0.25, -0.2) is 0 Å². The molecule has 0 spiro atoms. The SMILES string of the molecule is COc1ccccc1C(=O)N1CCCC(c2nnc(C(=O)Nc3ccccc3)s2)C1. The summed E-state index contributed by atoms with van der Waals surface area (Å²) in [4.78, 5) is 27.3. The molecule has 4 rings (SSSR count). The Labute approximate surface area is 178 Å². The minimum Gasteiger partial charge on any atom is -0.496 e. The summed E-state index contributed by atoms with van der Waals surface area (Å²) in [6, 6.07) is 16.5. The lowest BCUT2D eigenvalue weighted by Crippen LogP contribution is -2.39. The van der Waals surface area contributed by atoms with E-state index in [0.717, 1.165) is 17.8 Å². The number of carbonyl (C=O) groups excluding carboxylic acids is 2. The Morgan fingerprint density at radius 3 is 2.67 bits per heavy atom. The van der Waals surface area contributed by atoms with Gasteiger partial charge in [-0.05, 0) is 37.1 Å². The van der Waals surface area contributed by atoms with Crippen LogP contribution in [0.4, 0.5) is 5.69 Å². The Morgan fingerprint density at radius 2 is 1.87 bits per heavy atom. The number of ether oxygens (including phenoxy) is 1. The number of aromatic nitrogens is 2. The van der Waals surface area contributed by atoms with Gasteiger partial charge in [-0.15, -0.1) is 10.2 Å². The molecule has 1 saturated heterocycles. The first kappa shape index (κ1) is 20.0. The van der Waals surface area contributed by atoms with Crippen molar-refractivity contribution in [3.05, 3.63) is 70.2 Å². The summed E-state index contributed by atoms with van der Waals surface area (Å²) in [6.45, 7) is 1.24. The van der Waals surface area contributed by atoms with Gasteiger partial charge in [0.25, 0.3) is 11.8 Å². The third kappa shape index (κ3) is 4.33. The van der Waals surface area contributed by atoms with Crippen LogP contribution in [-0.4, -0.2) is 47.1 Å². The fourth-order valence-electron chi connectivity index (χ4n) is 3.55. The lowest BCUT2D eigenvalue weighted by molar-refractivity contribution is 0.0703. The van der Waals surface area contributed by atoms with Crippen molar-refractivity contribution < 1.29 is 14.3 Å². The molecule has 1 fully saturated rings. The second-order valence-electron chi connectivity index (χ2n) is 7.06. The van der Waals surface area contributed by atoms with Gasteiger partial charge in [-0.2, -0.15) is 0 Å². The van der Waals surface area contributed by atoms with Gasteiger partial charge in [-0.1, -0.05) is 41.7 Å². The van der Waals surface area contributed by atoms with Gasteiger partial charge in [0.1, 0.15) is 10.8 Å². The van der Waals surface area contributed by atoms with Crippen molar-refractivity contribution in [2.45, 2.75) is 18.8 Å². The van der Waals surface area contributed by atoms with E-state index >= 15 is 0 Å². The monoisotopic (exact) mass is 422 g/mol. The predicted molar refractivity (Wildman–Crippen MR) is 115 cm³/mol. The average molecular weight is 423 g/mol. The fraction of sp³-hybridized carbons (Fsp3) is 0.273. The van der Waals surface area contributed by atoms with Gasteiger partial charge in [-0.3, -0.25) is 9.59 Å². The van der Waals surface area contributed by atoms with Crippen LogP contribution in [0.25, 0.3) is 0 Å². The van der Waals surface area contributed by atoms with E-state index in [9.17, 15) is 9.59 Å². The van der Waals surface area contributed by atoms with Crippen molar-refractivity contribution in [3.63, 3.8) is 0 Å².